The number of epoxide rings is 1. The molecule has 0 aromatic heterocycles. The van der Waals surface area contributed by atoms with E-state index in [0.717, 1.165) is 19.3 Å². The molecule has 4 rings (SSSR count). The lowest BCUT2D eigenvalue weighted by Crippen LogP contribution is -2.49. The predicted octanol–water partition coefficient (Wildman–Crippen LogP) is 3.71. The summed E-state index contributed by atoms with van der Waals surface area (Å²) in [5.41, 5.74) is 0.522. The molecule has 6 atom stereocenters. The summed E-state index contributed by atoms with van der Waals surface area (Å²) in [7, 11) is 0. The first-order chi connectivity index (χ1) is 10.6. The van der Waals surface area contributed by atoms with E-state index in [9.17, 15) is 9.59 Å². The minimum absolute atomic E-state index is 0.0135. The van der Waals surface area contributed by atoms with Crippen LogP contribution in [-0.4, -0.2) is 23.3 Å². The summed E-state index contributed by atoms with van der Waals surface area (Å²) in [4.78, 5) is 25.4. The third kappa shape index (κ3) is 1.86. The van der Waals surface area contributed by atoms with Crippen LogP contribution in [0.25, 0.3) is 0 Å². The molecule has 1 aliphatic heterocycles. The van der Waals surface area contributed by atoms with Gasteiger partial charge in [-0.25, -0.2) is 0 Å². The smallest absolute Gasteiger partial charge is 0.167 e. The lowest BCUT2D eigenvalue weighted by molar-refractivity contribution is -0.134. The maximum atomic E-state index is 12.8. The van der Waals surface area contributed by atoms with Gasteiger partial charge in [0.15, 0.2) is 11.6 Å². The summed E-state index contributed by atoms with van der Waals surface area (Å²) in [6.45, 7) is 10.8. The number of rotatable bonds is 1. The van der Waals surface area contributed by atoms with Gasteiger partial charge in [0.1, 0.15) is 5.60 Å². The molecule has 0 unspecified atom stereocenters. The zero-order chi connectivity index (χ0) is 16.8. The minimum Gasteiger partial charge on any atom is -0.358 e. The number of hydrogen-bond donors (Lipinski definition) is 0. The van der Waals surface area contributed by atoms with Gasteiger partial charge in [0.05, 0.1) is 6.10 Å². The Balaban J connectivity index is 1.79. The molecule has 0 N–H and O–H groups in total. The quantitative estimate of drug-likeness (QED) is 0.693. The van der Waals surface area contributed by atoms with E-state index in [1.807, 2.05) is 13.0 Å². The molecule has 0 spiro atoms. The van der Waals surface area contributed by atoms with Crippen LogP contribution in [0.1, 0.15) is 60.3 Å². The van der Waals surface area contributed by atoms with Gasteiger partial charge in [-0.1, -0.05) is 33.3 Å². The fraction of sp³-hybridized carbons (Fsp3) is 0.800. The monoisotopic (exact) mass is 316 g/mol. The van der Waals surface area contributed by atoms with Crippen molar-refractivity contribution in [1.82, 2.24) is 0 Å². The van der Waals surface area contributed by atoms with Crippen molar-refractivity contribution in [2.75, 3.05) is 0 Å². The lowest BCUT2D eigenvalue weighted by atomic mass is 9.51. The van der Waals surface area contributed by atoms with Crippen LogP contribution in [0.3, 0.4) is 0 Å². The van der Waals surface area contributed by atoms with Gasteiger partial charge in [-0.3, -0.25) is 9.59 Å². The molecule has 3 fully saturated rings. The number of fused-ring (bicyclic) bond motifs is 4. The van der Waals surface area contributed by atoms with Crippen LogP contribution in [0.2, 0.25) is 0 Å². The molecule has 0 bridgehead atoms. The molecule has 3 heteroatoms. The van der Waals surface area contributed by atoms with Crippen molar-refractivity contribution < 1.29 is 14.3 Å². The van der Waals surface area contributed by atoms with Gasteiger partial charge < -0.3 is 4.74 Å². The summed E-state index contributed by atoms with van der Waals surface area (Å²) in [5, 5.41) is 0. The van der Waals surface area contributed by atoms with Crippen LogP contribution >= 0.6 is 0 Å². The molecule has 126 valence electrons. The second-order valence-corrected chi connectivity index (χ2v) is 9.37. The van der Waals surface area contributed by atoms with Gasteiger partial charge in [0, 0.05) is 11.8 Å². The first kappa shape index (κ1) is 15.6. The summed E-state index contributed by atoms with van der Waals surface area (Å²) in [6.07, 6.45) is 5.41. The van der Waals surface area contributed by atoms with E-state index in [2.05, 4.69) is 27.7 Å². The number of Topliss-reactive ketones (excluding diaryl/α,β-unsaturated/α-hetero) is 1. The van der Waals surface area contributed by atoms with E-state index in [4.69, 9.17) is 4.74 Å². The van der Waals surface area contributed by atoms with Crippen molar-refractivity contribution in [2.24, 2.45) is 28.6 Å². The maximum absolute atomic E-state index is 12.8. The Morgan fingerprint density at radius 3 is 2.52 bits per heavy atom. The van der Waals surface area contributed by atoms with E-state index in [1.54, 1.807) is 0 Å². The Kier molecular flexibility index (Phi) is 2.95. The maximum Gasteiger partial charge on any atom is 0.167 e. The normalized spacial score (nSPS) is 51.7. The first-order valence-corrected chi connectivity index (χ1v) is 9.09. The summed E-state index contributed by atoms with van der Waals surface area (Å²) in [6, 6.07) is 0. The van der Waals surface area contributed by atoms with E-state index in [1.165, 1.54) is 5.57 Å². The van der Waals surface area contributed by atoms with E-state index in [0.29, 0.717) is 24.0 Å². The molecule has 4 aliphatic rings. The molecular formula is C20H28O3. The zero-order valence-corrected chi connectivity index (χ0v) is 14.9. The molecule has 1 saturated heterocycles. The molecule has 0 radical (unpaired) electrons. The van der Waals surface area contributed by atoms with Crippen molar-refractivity contribution in [2.45, 2.75) is 72.0 Å². The Morgan fingerprint density at radius 1 is 1.17 bits per heavy atom. The van der Waals surface area contributed by atoms with Crippen molar-refractivity contribution in [3.8, 4) is 0 Å². The highest BCUT2D eigenvalue weighted by Crippen LogP contribution is 2.65. The van der Waals surface area contributed by atoms with Gasteiger partial charge in [-0.15, -0.1) is 0 Å². The molecule has 3 nitrogen and oxygen atoms in total. The van der Waals surface area contributed by atoms with Gasteiger partial charge in [-0.2, -0.15) is 0 Å². The molecule has 2 saturated carbocycles. The van der Waals surface area contributed by atoms with Crippen molar-refractivity contribution in [3.05, 3.63) is 11.6 Å². The summed E-state index contributed by atoms with van der Waals surface area (Å²) < 4.78 is 5.80. The third-order valence-electron chi connectivity index (χ3n) is 7.62. The van der Waals surface area contributed by atoms with E-state index in [-0.39, 0.29) is 28.6 Å². The molecule has 0 aromatic carbocycles. The predicted molar refractivity (Wildman–Crippen MR) is 87.9 cm³/mol. The van der Waals surface area contributed by atoms with Gasteiger partial charge in [0.25, 0.3) is 0 Å². The van der Waals surface area contributed by atoms with Gasteiger partial charge >= 0.3 is 0 Å². The van der Waals surface area contributed by atoms with E-state index < -0.39 is 5.60 Å². The highest BCUT2D eigenvalue weighted by molar-refractivity contribution is 5.99. The summed E-state index contributed by atoms with van der Waals surface area (Å²) >= 11 is 0. The largest absolute Gasteiger partial charge is 0.358 e. The van der Waals surface area contributed by atoms with Crippen molar-refractivity contribution in [1.29, 1.82) is 0 Å². The average Bonchev–Trinajstić information content (AvgIpc) is 3.05. The standard InChI is InChI=1S/C20H28O3/c1-11(2)12-8-14(21)19(4)7-6-18(3)10-15(22)20(5)16(23-20)9-13(18)17(12)19/h8,11,13,16-17H,6-7,9-10H2,1-5H3/t13-,16-,17-,18+,19-,20+/m1/s1. The second-order valence-electron chi connectivity index (χ2n) is 9.37. The highest BCUT2D eigenvalue weighted by Gasteiger charge is 2.67. The first-order valence-electron chi connectivity index (χ1n) is 9.09. The van der Waals surface area contributed by atoms with Crippen LogP contribution in [0.5, 0.6) is 0 Å². The number of ketones is 2. The fourth-order valence-electron chi connectivity index (χ4n) is 5.73. The van der Waals surface area contributed by atoms with Crippen LogP contribution in [0.4, 0.5) is 0 Å². The number of carbonyl (C=O) groups excluding carboxylic acids is 2. The van der Waals surface area contributed by atoms with Crippen molar-refractivity contribution in [3.63, 3.8) is 0 Å². The van der Waals surface area contributed by atoms with Crippen LogP contribution in [-0.2, 0) is 14.3 Å². The SMILES string of the molecule is CC(C)C1=CC(=O)[C@@]2(C)CC[C@@]3(C)CC(=O)[C@]4(C)O[C@@H]4C[C@@H]3[C@@H]12. The Labute approximate surface area is 138 Å². The number of hydrogen-bond acceptors (Lipinski definition) is 3. The van der Waals surface area contributed by atoms with Gasteiger partial charge in [0.2, 0.25) is 0 Å². The molecular weight excluding hydrogens is 288 g/mol. The molecule has 23 heavy (non-hydrogen) atoms. The fourth-order valence-corrected chi connectivity index (χ4v) is 5.73. The second kappa shape index (κ2) is 4.36. The topological polar surface area (TPSA) is 46.7 Å². The van der Waals surface area contributed by atoms with Crippen LogP contribution in [0.15, 0.2) is 11.6 Å². The minimum atomic E-state index is -0.541. The molecule has 0 amide bonds. The van der Waals surface area contributed by atoms with Crippen LogP contribution < -0.4 is 0 Å². The molecule has 0 aromatic rings. The van der Waals surface area contributed by atoms with Crippen LogP contribution in [0, 0.1) is 28.6 Å². The lowest BCUT2D eigenvalue weighted by Gasteiger charge is -2.52. The highest BCUT2D eigenvalue weighted by atomic mass is 16.6. The Hall–Kier alpha value is -0.960. The number of allylic oxidation sites excluding steroid dienone is 2. The third-order valence-corrected chi connectivity index (χ3v) is 7.62. The number of ether oxygens (including phenoxy) is 1. The Bertz CT molecular complexity index is 633. The summed E-state index contributed by atoms with van der Waals surface area (Å²) in [5.74, 6) is 1.63. The zero-order valence-electron chi connectivity index (χ0n) is 14.9. The Morgan fingerprint density at radius 2 is 1.87 bits per heavy atom. The molecule has 1 heterocycles. The van der Waals surface area contributed by atoms with Gasteiger partial charge in [-0.05, 0) is 55.4 Å². The van der Waals surface area contributed by atoms with E-state index >= 15 is 0 Å². The van der Waals surface area contributed by atoms with Crippen molar-refractivity contribution >= 4 is 11.6 Å². The number of carbonyl (C=O) groups is 2. The molecule has 3 aliphatic carbocycles. The average molecular weight is 316 g/mol.